The number of fused-ring (bicyclic) bond motifs is 8. The number of aromatic nitrogens is 2. The van der Waals surface area contributed by atoms with Crippen molar-refractivity contribution in [2.24, 2.45) is 17.8 Å². The fraction of sp³-hybridized carbons (Fsp3) is 0.290. The number of nitrogens with one attached hydrogen (secondary N) is 1. The van der Waals surface area contributed by atoms with Gasteiger partial charge in [-0.2, -0.15) is 0 Å². The summed E-state index contributed by atoms with van der Waals surface area (Å²) in [6.07, 6.45) is 0.693. The number of ether oxygens (including phenoxy) is 1. The van der Waals surface area contributed by atoms with E-state index in [-0.39, 0.29) is 29.3 Å². The topological polar surface area (TPSA) is 93.5 Å². The Bertz CT molecular complexity index is 1730. The molecular formula is C31H28N4O4. The predicted molar refractivity (Wildman–Crippen MR) is 147 cm³/mol. The minimum Gasteiger partial charge on any atom is -0.497 e. The predicted octanol–water partition coefficient (Wildman–Crippen LogP) is 3.78. The van der Waals surface area contributed by atoms with Gasteiger partial charge in [-0.05, 0) is 54.8 Å². The SMILES string of the molecule is COc1ccc(N2C(=O)[C@H]3[C@H](CC(C)C)N[C@@]4(c5ccccc5-n5c4nc4ccccc4c5=O)[C@H]3C2=O)cc1. The van der Waals surface area contributed by atoms with E-state index in [1.54, 1.807) is 42.0 Å². The Labute approximate surface area is 225 Å². The molecule has 4 heterocycles. The fourth-order valence-corrected chi connectivity index (χ4v) is 6.92. The maximum atomic E-state index is 14.4. The summed E-state index contributed by atoms with van der Waals surface area (Å²) in [5.41, 5.74) is 1.25. The number of imide groups is 1. The quantitative estimate of drug-likeness (QED) is 0.412. The number of anilines is 1. The summed E-state index contributed by atoms with van der Waals surface area (Å²) < 4.78 is 6.91. The zero-order valence-electron chi connectivity index (χ0n) is 21.9. The molecule has 1 N–H and O–H groups in total. The van der Waals surface area contributed by atoms with Gasteiger partial charge in [-0.25, -0.2) is 9.88 Å². The van der Waals surface area contributed by atoms with E-state index in [0.29, 0.717) is 40.3 Å². The highest BCUT2D eigenvalue weighted by Gasteiger charge is 2.69. The molecule has 4 aromatic rings. The standard InChI is InChI=1S/C31H28N4O4/c1-17(2)16-23-25-26(29(38)34(28(25)37)18-12-14-19(39-3)15-13-18)31(33-23)21-9-5-7-11-24(21)35-27(36)20-8-4-6-10-22(20)32-30(31)35/h4-15,17,23,25-26,33H,16H2,1-3H3/t23-,25-,26+,31-/m0/s1. The highest BCUT2D eigenvalue weighted by molar-refractivity contribution is 6.23. The van der Waals surface area contributed by atoms with Crippen LogP contribution in [-0.4, -0.2) is 34.5 Å². The van der Waals surface area contributed by atoms with Crippen LogP contribution in [0.25, 0.3) is 16.6 Å². The molecule has 2 amide bonds. The lowest BCUT2D eigenvalue weighted by Crippen LogP contribution is -2.50. The average molecular weight is 521 g/mol. The number of carbonyl (C=O) groups excluding carboxylic acids is 2. The molecule has 39 heavy (non-hydrogen) atoms. The monoisotopic (exact) mass is 520 g/mol. The molecule has 1 aromatic heterocycles. The average Bonchev–Trinajstić information content (AvgIpc) is 3.51. The molecule has 0 radical (unpaired) electrons. The number of para-hydroxylation sites is 2. The largest absolute Gasteiger partial charge is 0.497 e. The van der Waals surface area contributed by atoms with Gasteiger partial charge in [0.2, 0.25) is 11.8 Å². The molecule has 2 saturated heterocycles. The lowest BCUT2D eigenvalue weighted by molar-refractivity contribution is -0.123. The third kappa shape index (κ3) is 3.09. The number of hydrogen-bond donors (Lipinski definition) is 1. The van der Waals surface area contributed by atoms with Crippen molar-refractivity contribution in [2.45, 2.75) is 31.8 Å². The van der Waals surface area contributed by atoms with E-state index < -0.39 is 17.4 Å². The van der Waals surface area contributed by atoms with Gasteiger partial charge >= 0.3 is 0 Å². The minimum absolute atomic E-state index is 0.186. The molecule has 8 heteroatoms. The van der Waals surface area contributed by atoms with Crippen molar-refractivity contribution in [3.63, 3.8) is 0 Å². The van der Waals surface area contributed by atoms with E-state index in [1.165, 1.54) is 4.90 Å². The summed E-state index contributed by atoms with van der Waals surface area (Å²) in [6.45, 7) is 4.22. The van der Waals surface area contributed by atoms with Crippen LogP contribution in [0.1, 0.15) is 31.7 Å². The Morgan fingerprint density at radius 1 is 0.949 bits per heavy atom. The number of carbonyl (C=O) groups is 2. The van der Waals surface area contributed by atoms with Crippen molar-refractivity contribution < 1.29 is 14.3 Å². The summed E-state index contributed by atoms with van der Waals surface area (Å²) in [4.78, 5) is 48.8. The zero-order valence-corrected chi connectivity index (χ0v) is 21.9. The van der Waals surface area contributed by atoms with E-state index in [0.717, 1.165) is 5.56 Å². The minimum atomic E-state index is -1.13. The van der Waals surface area contributed by atoms with Gasteiger partial charge in [-0.1, -0.05) is 44.2 Å². The Kier molecular flexibility index (Phi) is 5.09. The van der Waals surface area contributed by atoms with Crippen molar-refractivity contribution >= 4 is 28.4 Å². The fourth-order valence-electron chi connectivity index (χ4n) is 6.92. The molecule has 8 nitrogen and oxygen atoms in total. The molecule has 4 atom stereocenters. The second-order valence-corrected chi connectivity index (χ2v) is 11.0. The van der Waals surface area contributed by atoms with Gasteiger partial charge in [0.25, 0.3) is 5.56 Å². The molecule has 196 valence electrons. The third-order valence-corrected chi connectivity index (χ3v) is 8.42. The molecule has 0 aliphatic carbocycles. The first-order valence-electron chi connectivity index (χ1n) is 13.3. The van der Waals surface area contributed by atoms with Gasteiger partial charge in [0.15, 0.2) is 0 Å². The lowest BCUT2D eigenvalue weighted by Gasteiger charge is -2.32. The molecule has 1 spiro atoms. The zero-order chi connectivity index (χ0) is 27.1. The van der Waals surface area contributed by atoms with Crippen molar-refractivity contribution in [1.82, 2.24) is 14.9 Å². The second kappa shape index (κ2) is 8.35. The highest BCUT2D eigenvalue weighted by Crippen LogP contribution is 2.56. The van der Waals surface area contributed by atoms with Gasteiger partial charge in [0, 0.05) is 11.6 Å². The van der Waals surface area contributed by atoms with E-state index in [4.69, 9.17) is 9.72 Å². The van der Waals surface area contributed by atoms with Crippen LogP contribution < -0.4 is 20.5 Å². The van der Waals surface area contributed by atoms with Gasteiger partial charge in [-0.3, -0.25) is 24.3 Å². The van der Waals surface area contributed by atoms with Gasteiger partial charge < -0.3 is 4.74 Å². The van der Waals surface area contributed by atoms with E-state index in [2.05, 4.69) is 19.2 Å². The Balaban J connectivity index is 1.49. The normalized spacial score (nSPS) is 25.0. The van der Waals surface area contributed by atoms with Gasteiger partial charge in [0.05, 0.1) is 41.2 Å². The van der Waals surface area contributed by atoms with Crippen LogP contribution in [0.2, 0.25) is 0 Å². The van der Waals surface area contributed by atoms with Crippen molar-refractivity contribution in [3.05, 3.63) is 94.5 Å². The Hall–Kier alpha value is -4.30. The second-order valence-electron chi connectivity index (χ2n) is 11.0. The summed E-state index contributed by atoms with van der Waals surface area (Å²) in [6, 6.07) is 21.6. The molecule has 0 unspecified atom stereocenters. The number of methoxy groups -OCH3 is 1. The highest BCUT2D eigenvalue weighted by atomic mass is 16.5. The summed E-state index contributed by atoms with van der Waals surface area (Å²) in [5, 5.41) is 4.25. The number of amides is 2. The van der Waals surface area contributed by atoms with Crippen molar-refractivity contribution in [2.75, 3.05) is 12.0 Å². The third-order valence-electron chi connectivity index (χ3n) is 8.42. The van der Waals surface area contributed by atoms with Crippen LogP contribution in [0.3, 0.4) is 0 Å². The first kappa shape index (κ1) is 23.8. The maximum Gasteiger partial charge on any atom is 0.266 e. The molecule has 3 aliphatic heterocycles. The van der Waals surface area contributed by atoms with Crippen LogP contribution in [0.4, 0.5) is 5.69 Å². The van der Waals surface area contributed by atoms with Crippen molar-refractivity contribution in [3.8, 4) is 11.4 Å². The van der Waals surface area contributed by atoms with Crippen LogP contribution >= 0.6 is 0 Å². The first-order chi connectivity index (χ1) is 18.9. The molecule has 7 rings (SSSR count). The van der Waals surface area contributed by atoms with Crippen LogP contribution in [0.15, 0.2) is 77.6 Å². The van der Waals surface area contributed by atoms with Crippen LogP contribution in [0, 0.1) is 17.8 Å². The molecule has 3 aromatic carbocycles. The number of rotatable bonds is 4. The summed E-state index contributed by atoms with van der Waals surface area (Å²) in [5.74, 6) is -0.512. The Morgan fingerprint density at radius 2 is 1.67 bits per heavy atom. The molecule has 2 fully saturated rings. The maximum absolute atomic E-state index is 14.4. The molecular weight excluding hydrogens is 492 g/mol. The number of nitrogens with zero attached hydrogens (tertiary/aromatic N) is 3. The first-order valence-corrected chi connectivity index (χ1v) is 13.3. The smallest absolute Gasteiger partial charge is 0.266 e. The van der Waals surface area contributed by atoms with E-state index in [9.17, 15) is 14.4 Å². The number of hydrogen-bond acceptors (Lipinski definition) is 6. The van der Waals surface area contributed by atoms with Gasteiger partial charge in [-0.15, -0.1) is 0 Å². The Morgan fingerprint density at radius 3 is 2.41 bits per heavy atom. The molecule has 0 bridgehead atoms. The number of benzene rings is 3. The molecule has 3 aliphatic rings. The van der Waals surface area contributed by atoms with E-state index >= 15 is 0 Å². The summed E-state index contributed by atoms with van der Waals surface area (Å²) in [7, 11) is 1.57. The van der Waals surface area contributed by atoms with Gasteiger partial charge in [0.1, 0.15) is 17.1 Å². The van der Waals surface area contributed by atoms with Crippen LogP contribution in [0.5, 0.6) is 5.75 Å². The molecule has 0 saturated carbocycles. The summed E-state index contributed by atoms with van der Waals surface area (Å²) >= 11 is 0. The van der Waals surface area contributed by atoms with Crippen molar-refractivity contribution in [1.29, 1.82) is 0 Å². The van der Waals surface area contributed by atoms with E-state index in [1.807, 2.05) is 42.5 Å². The van der Waals surface area contributed by atoms with Crippen LogP contribution in [-0.2, 0) is 15.1 Å². The lowest BCUT2D eigenvalue weighted by atomic mass is 9.75.